The van der Waals surface area contributed by atoms with E-state index in [0.29, 0.717) is 19.3 Å². The first-order chi connectivity index (χ1) is 28.5. The monoisotopic (exact) mass is 803 g/mol. The number of rotatable bonds is 39. The van der Waals surface area contributed by atoms with E-state index >= 15 is 0 Å². The van der Waals surface area contributed by atoms with Gasteiger partial charge in [-0.15, -0.1) is 0 Å². The molecule has 0 aromatic heterocycles. The second kappa shape index (κ2) is 45.8. The Kier molecular flexibility index (Phi) is 42.7. The zero-order valence-corrected chi connectivity index (χ0v) is 37.0. The third kappa shape index (κ3) is 43.2. The van der Waals surface area contributed by atoms with Crippen LogP contribution >= 0.6 is 0 Å². The Morgan fingerprint density at radius 3 is 1.29 bits per heavy atom. The van der Waals surface area contributed by atoms with Crippen molar-refractivity contribution in [2.75, 3.05) is 13.2 Å². The Bertz CT molecular complexity index is 1240. The molecule has 1 unspecified atom stereocenters. The average molecular weight is 803 g/mol. The number of carbonyl (C=O) groups is 3. The molecule has 6 nitrogen and oxygen atoms in total. The molecule has 0 N–H and O–H groups in total. The van der Waals surface area contributed by atoms with Gasteiger partial charge in [0, 0.05) is 19.3 Å². The van der Waals surface area contributed by atoms with Gasteiger partial charge in [0.25, 0.3) is 0 Å². The summed E-state index contributed by atoms with van der Waals surface area (Å²) in [6.45, 7) is 6.23. The quantitative estimate of drug-likeness (QED) is 0.0202. The molecule has 0 aliphatic heterocycles. The summed E-state index contributed by atoms with van der Waals surface area (Å²) in [4.78, 5) is 37.8. The fraction of sp³-hybridized carbons (Fsp3) is 0.596. The molecule has 0 aromatic rings. The van der Waals surface area contributed by atoms with Crippen molar-refractivity contribution in [2.24, 2.45) is 0 Å². The molecule has 6 heteroatoms. The fourth-order valence-corrected chi connectivity index (χ4v) is 5.68. The van der Waals surface area contributed by atoms with Gasteiger partial charge in [0.2, 0.25) is 0 Å². The molecule has 0 spiro atoms. The Balaban J connectivity index is 4.51. The topological polar surface area (TPSA) is 78.9 Å². The first kappa shape index (κ1) is 54.1. The van der Waals surface area contributed by atoms with E-state index in [4.69, 9.17) is 14.2 Å². The van der Waals surface area contributed by atoms with Gasteiger partial charge in [-0.3, -0.25) is 14.4 Å². The minimum Gasteiger partial charge on any atom is -0.462 e. The van der Waals surface area contributed by atoms with Crippen LogP contribution in [-0.4, -0.2) is 37.2 Å². The summed E-state index contributed by atoms with van der Waals surface area (Å²) in [5.41, 5.74) is 0. The Hall–Kier alpha value is -3.93. The number of hydrogen-bond donors (Lipinski definition) is 0. The molecule has 0 heterocycles. The number of carbonyl (C=O) groups excluding carboxylic acids is 3. The Morgan fingerprint density at radius 2 is 0.759 bits per heavy atom. The lowest BCUT2D eigenvalue weighted by atomic mass is 10.1. The predicted molar refractivity (Wildman–Crippen MR) is 247 cm³/mol. The van der Waals surface area contributed by atoms with Gasteiger partial charge < -0.3 is 14.2 Å². The van der Waals surface area contributed by atoms with Crippen molar-refractivity contribution in [3.05, 3.63) is 109 Å². The second-order valence-electron chi connectivity index (χ2n) is 14.7. The minimum absolute atomic E-state index is 0.112. The van der Waals surface area contributed by atoms with Gasteiger partial charge >= 0.3 is 17.9 Å². The molecule has 0 fully saturated rings. The van der Waals surface area contributed by atoms with Gasteiger partial charge in [0.1, 0.15) is 13.2 Å². The molecule has 0 aliphatic rings. The molecule has 0 amide bonds. The molecular formula is C52H82O6. The van der Waals surface area contributed by atoms with E-state index in [1.165, 1.54) is 25.7 Å². The number of ether oxygens (including phenoxy) is 3. The molecule has 58 heavy (non-hydrogen) atoms. The summed E-state index contributed by atoms with van der Waals surface area (Å²) >= 11 is 0. The van der Waals surface area contributed by atoms with Crippen molar-refractivity contribution in [1.29, 1.82) is 0 Å². The van der Waals surface area contributed by atoms with Gasteiger partial charge in [-0.25, -0.2) is 0 Å². The molecular weight excluding hydrogens is 721 g/mol. The lowest BCUT2D eigenvalue weighted by molar-refractivity contribution is -0.167. The van der Waals surface area contributed by atoms with Crippen LogP contribution < -0.4 is 0 Å². The van der Waals surface area contributed by atoms with Crippen LogP contribution in [0.4, 0.5) is 0 Å². The minimum atomic E-state index is -0.815. The Labute approximate surface area is 355 Å². The summed E-state index contributed by atoms with van der Waals surface area (Å²) in [7, 11) is 0. The normalized spacial score (nSPS) is 13.1. The SMILES string of the molecule is CC\C=C/C=C\C=C/C=C\CCCCCC(=O)OC(COC(=O)CCCCC/C=C\C=C/CCCC)COC(=O)CCCCCCCC/C=C\C/C=C\C/C=C\CC. The van der Waals surface area contributed by atoms with Crippen LogP contribution in [0.3, 0.4) is 0 Å². The van der Waals surface area contributed by atoms with Crippen LogP contribution in [0, 0.1) is 0 Å². The van der Waals surface area contributed by atoms with Crippen LogP contribution in [0.15, 0.2) is 109 Å². The first-order valence-corrected chi connectivity index (χ1v) is 23.0. The molecule has 326 valence electrons. The highest BCUT2D eigenvalue weighted by atomic mass is 16.6. The van der Waals surface area contributed by atoms with Crippen molar-refractivity contribution < 1.29 is 28.6 Å². The van der Waals surface area contributed by atoms with Gasteiger partial charge in [0.15, 0.2) is 6.10 Å². The van der Waals surface area contributed by atoms with E-state index in [1.54, 1.807) is 0 Å². The van der Waals surface area contributed by atoms with E-state index in [2.05, 4.69) is 93.7 Å². The Morgan fingerprint density at radius 1 is 0.379 bits per heavy atom. The number of esters is 3. The summed E-state index contributed by atoms with van der Waals surface area (Å²) in [6.07, 6.45) is 60.7. The van der Waals surface area contributed by atoms with Gasteiger partial charge in [-0.1, -0.05) is 182 Å². The van der Waals surface area contributed by atoms with Crippen LogP contribution in [-0.2, 0) is 28.6 Å². The van der Waals surface area contributed by atoms with Crippen molar-refractivity contribution in [2.45, 2.75) is 187 Å². The van der Waals surface area contributed by atoms with Crippen molar-refractivity contribution in [3.63, 3.8) is 0 Å². The van der Waals surface area contributed by atoms with E-state index in [9.17, 15) is 14.4 Å². The molecule has 0 aromatic carbocycles. The van der Waals surface area contributed by atoms with Gasteiger partial charge in [-0.05, 0) is 89.9 Å². The molecule has 0 saturated heterocycles. The molecule has 0 saturated carbocycles. The summed E-state index contributed by atoms with van der Waals surface area (Å²) < 4.78 is 16.6. The lowest BCUT2D eigenvalue weighted by Gasteiger charge is -2.18. The standard InChI is InChI=1S/C52H82O6/c1-4-7-10-13-16-19-22-24-25-26-28-30-33-36-39-42-45-51(54)57-48-49(47-56-50(53)44-41-38-35-32-29-21-18-15-12-9-6-3)58-52(55)46-43-40-37-34-31-27-23-20-17-14-11-8-5-2/h7-8,10-11,14-21,23-25,27,29,31,49H,4-6,9,12-13,22,26,28,30,32-48H2,1-3H3/b10-7-,11-8-,17-14-,18-15-,19-16-,23-20-,25-24-,29-21-,31-27-. The van der Waals surface area contributed by atoms with Crippen molar-refractivity contribution in [3.8, 4) is 0 Å². The van der Waals surface area contributed by atoms with Crippen molar-refractivity contribution in [1.82, 2.24) is 0 Å². The van der Waals surface area contributed by atoms with E-state index < -0.39 is 6.10 Å². The van der Waals surface area contributed by atoms with Crippen molar-refractivity contribution >= 4 is 17.9 Å². The summed E-state index contributed by atoms with van der Waals surface area (Å²) in [5, 5.41) is 0. The van der Waals surface area contributed by atoms with E-state index in [0.717, 1.165) is 109 Å². The van der Waals surface area contributed by atoms with E-state index in [-0.39, 0.29) is 37.5 Å². The maximum Gasteiger partial charge on any atom is 0.306 e. The van der Waals surface area contributed by atoms with Gasteiger partial charge in [0.05, 0.1) is 0 Å². The summed E-state index contributed by atoms with van der Waals surface area (Å²) in [5.74, 6) is -1.01. The van der Waals surface area contributed by atoms with Crippen LogP contribution in [0.2, 0.25) is 0 Å². The first-order valence-electron chi connectivity index (χ1n) is 23.0. The zero-order valence-electron chi connectivity index (χ0n) is 37.0. The zero-order chi connectivity index (χ0) is 42.3. The molecule has 0 bridgehead atoms. The van der Waals surface area contributed by atoms with Gasteiger partial charge in [-0.2, -0.15) is 0 Å². The maximum atomic E-state index is 12.7. The molecule has 0 aliphatic carbocycles. The largest absolute Gasteiger partial charge is 0.462 e. The average Bonchev–Trinajstić information content (AvgIpc) is 3.22. The fourth-order valence-electron chi connectivity index (χ4n) is 5.68. The summed E-state index contributed by atoms with van der Waals surface area (Å²) in [6, 6.07) is 0. The predicted octanol–water partition coefficient (Wildman–Crippen LogP) is 14.8. The van der Waals surface area contributed by atoms with Crippen LogP contribution in [0.1, 0.15) is 181 Å². The number of allylic oxidation sites excluding steroid dienone is 18. The molecule has 1 atom stereocenters. The number of hydrogen-bond acceptors (Lipinski definition) is 6. The highest BCUT2D eigenvalue weighted by molar-refractivity contribution is 5.71. The van der Waals surface area contributed by atoms with Crippen LogP contribution in [0.5, 0.6) is 0 Å². The molecule has 0 radical (unpaired) electrons. The highest BCUT2D eigenvalue weighted by Gasteiger charge is 2.19. The third-order valence-electron chi connectivity index (χ3n) is 9.11. The maximum absolute atomic E-state index is 12.7. The second-order valence-corrected chi connectivity index (χ2v) is 14.7. The lowest BCUT2D eigenvalue weighted by Crippen LogP contribution is -2.30. The highest BCUT2D eigenvalue weighted by Crippen LogP contribution is 2.12. The third-order valence-corrected chi connectivity index (χ3v) is 9.11. The van der Waals surface area contributed by atoms with Crippen LogP contribution in [0.25, 0.3) is 0 Å². The smallest absolute Gasteiger partial charge is 0.306 e. The van der Waals surface area contributed by atoms with E-state index in [1.807, 2.05) is 36.5 Å². The number of unbranched alkanes of at least 4 members (excludes halogenated alkanes) is 14. The molecule has 0 rings (SSSR count).